The van der Waals surface area contributed by atoms with Crippen LogP contribution in [0.25, 0.3) is 0 Å². The van der Waals surface area contributed by atoms with E-state index in [1.54, 1.807) is 0 Å². The Bertz CT molecular complexity index is 430. The molecule has 3 N–H and O–H groups in total. The van der Waals surface area contributed by atoms with Crippen molar-refractivity contribution in [3.63, 3.8) is 0 Å². The second-order valence-corrected chi connectivity index (χ2v) is 5.07. The molecule has 0 fully saturated rings. The molecule has 0 aromatic heterocycles. The van der Waals surface area contributed by atoms with E-state index in [0.717, 1.165) is 22.5 Å². The molecule has 0 aliphatic carbocycles. The standard InChI is InChI=1S/C12H16N2O/c1-12(2,3)8-6-10-7(4-9(8)13)5-11(15)14-10/h4,6H,5,13H2,1-3H3,(H,14,15). The van der Waals surface area contributed by atoms with Gasteiger partial charge in [-0.25, -0.2) is 0 Å². The molecule has 0 saturated carbocycles. The number of nitrogens with two attached hydrogens (primary N) is 1. The molecule has 3 heteroatoms. The van der Waals surface area contributed by atoms with Gasteiger partial charge in [0, 0.05) is 11.4 Å². The van der Waals surface area contributed by atoms with Gasteiger partial charge >= 0.3 is 0 Å². The second kappa shape index (κ2) is 2.99. The molecule has 0 bridgehead atoms. The molecule has 1 aromatic carbocycles. The molecule has 15 heavy (non-hydrogen) atoms. The zero-order valence-corrected chi connectivity index (χ0v) is 9.35. The first-order valence-electron chi connectivity index (χ1n) is 5.10. The minimum absolute atomic E-state index is 0.00638. The summed E-state index contributed by atoms with van der Waals surface area (Å²) < 4.78 is 0. The Balaban J connectivity index is 2.54. The van der Waals surface area contributed by atoms with Crippen molar-refractivity contribution in [3.05, 3.63) is 23.3 Å². The van der Waals surface area contributed by atoms with Gasteiger partial charge in [0.1, 0.15) is 0 Å². The molecule has 1 heterocycles. The van der Waals surface area contributed by atoms with Crippen molar-refractivity contribution in [2.75, 3.05) is 11.1 Å². The highest BCUT2D eigenvalue weighted by Crippen LogP contribution is 2.34. The smallest absolute Gasteiger partial charge is 0.228 e. The quantitative estimate of drug-likeness (QED) is 0.635. The highest BCUT2D eigenvalue weighted by molar-refractivity contribution is 5.99. The lowest BCUT2D eigenvalue weighted by Gasteiger charge is -2.22. The number of nitrogen functional groups attached to an aromatic ring is 1. The molecule has 1 amide bonds. The molecule has 1 aliphatic heterocycles. The summed E-state index contributed by atoms with van der Waals surface area (Å²) in [4.78, 5) is 11.2. The number of rotatable bonds is 0. The lowest BCUT2D eigenvalue weighted by molar-refractivity contribution is -0.115. The van der Waals surface area contributed by atoms with Crippen LogP contribution in [0.1, 0.15) is 31.9 Å². The first-order valence-corrected chi connectivity index (χ1v) is 5.10. The summed E-state index contributed by atoms with van der Waals surface area (Å²) in [6.07, 6.45) is 0.448. The van der Waals surface area contributed by atoms with E-state index < -0.39 is 0 Å². The van der Waals surface area contributed by atoms with Crippen molar-refractivity contribution < 1.29 is 4.79 Å². The maximum Gasteiger partial charge on any atom is 0.228 e. The second-order valence-electron chi connectivity index (χ2n) is 5.07. The van der Waals surface area contributed by atoms with Gasteiger partial charge in [0.25, 0.3) is 0 Å². The Morgan fingerprint density at radius 1 is 1.33 bits per heavy atom. The van der Waals surface area contributed by atoms with Crippen LogP contribution >= 0.6 is 0 Å². The van der Waals surface area contributed by atoms with Gasteiger partial charge in [-0.3, -0.25) is 4.79 Å². The van der Waals surface area contributed by atoms with Gasteiger partial charge in [-0.2, -0.15) is 0 Å². The Kier molecular flexibility index (Phi) is 2.00. The lowest BCUT2D eigenvalue weighted by Crippen LogP contribution is -2.14. The van der Waals surface area contributed by atoms with Crippen molar-refractivity contribution in [1.29, 1.82) is 0 Å². The third-order valence-corrected chi connectivity index (χ3v) is 2.71. The molecular weight excluding hydrogens is 188 g/mol. The van der Waals surface area contributed by atoms with Gasteiger partial charge in [0.2, 0.25) is 5.91 Å². The van der Waals surface area contributed by atoms with E-state index in [9.17, 15) is 4.79 Å². The zero-order chi connectivity index (χ0) is 11.2. The van der Waals surface area contributed by atoms with E-state index >= 15 is 0 Å². The van der Waals surface area contributed by atoms with Gasteiger partial charge in [-0.05, 0) is 28.7 Å². The summed E-state index contributed by atoms with van der Waals surface area (Å²) in [5.74, 6) is 0.0514. The van der Waals surface area contributed by atoms with E-state index in [-0.39, 0.29) is 11.3 Å². The normalized spacial score (nSPS) is 15.0. The third kappa shape index (κ3) is 1.69. The molecule has 3 nitrogen and oxygen atoms in total. The zero-order valence-electron chi connectivity index (χ0n) is 9.35. The van der Waals surface area contributed by atoms with Crippen LogP contribution in [0.3, 0.4) is 0 Å². The average molecular weight is 204 g/mol. The minimum atomic E-state index is 0.00638. The van der Waals surface area contributed by atoms with Crippen LogP contribution in [0, 0.1) is 0 Å². The summed E-state index contributed by atoms with van der Waals surface area (Å²) in [7, 11) is 0. The summed E-state index contributed by atoms with van der Waals surface area (Å²) in [6, 6.07) is 3.91. The molecule has 1 aromatic rings. The fourth-order valence-electron chi connectivity index (χ4n) is 1.94. The third-order valence-electron chi connectivity index (χ3n) is 2.71. The Morgan fingerprint density at radius 2 is 2.00 bits per heavy atom. The molecule has 80 valence electrons. The fraction of sp³-hybridized carbons (Fsp3) is 0.417. The van der Waals surface area contributed by atoms with Crippen molar-refractivity contribution in [2.45, 2.75) is 32.6 Å². The highest BCUT2D eigenvalue weighted by Gasteiger charge is 2.23. The SMILES string of the molecule is CC(C)(C)c1cc2c(cc1N)CC(=O)N2. The number of amides is 1. The molecule has 0 radical (unpaired) electrons. The molecule has 0 saturated heterocycles. The summed E-state index contributed by atoms with van der Waals surface area (Å²) in [5.41, 5.74) is 9.78. The first kappa shape index (κ1) is 10.0. The summed E-state index contributed by atoms with van der Waals surface area (Å²) >= 11 is 0. The topological polar surface area (TPSA) is 55.1 Å². The van der Waals surface area contributed by atoms with E-state index in [1.807, 2.05) is 12.1 Å². The van der Waals surface area contributed by atoms with Gasteiger partial charge in [-0.15, -0.1) is 0 Å². The van der Waals surface area contributed by atoms with Crippen LogP contribution in [-0.4, -0.2) is 5.91 Å². The number of hydrogen-bond acceptors (Lipinski definition) is 2. The highest BCUT2D eigenvalue weighted by atomic mass is 16.1. The molecule has 0 atom stereocenters. The van der Waals surface area contributed by atoms with Crippen LogP contribution in [0.2, 0.25) is 0 Å². The molecule has 0 spiro atoms. The van der Waals surface area contributed by atoms with Gasteiger partial charge in [-0.1, -0.05) is 20.8 Å². The van der Waals surface area contributed by atoms with Crippen LogP contribution in [0.15, 0.2) is 12.1 Å². The van der Waals surface area contributed by atoms with Crippen molar-refractivity contribution in [2.24, 2.45) is 0 Å². The number of carbonyl (C=O) groups is 1. The van der Waals surface area contributed by atoms with Crippen LogP contribution < -0.4 is 11.1 Å². The van der Waals surface area contributed by atoms with Crippen molar-refractivity contribution >= 4 is 17.3 Å². The summed E-state index contributed by atoms with van der Waals surface area (Å²) in [6.45, 7) is 6.34. The van der Waals surface area contributed by atoms with E-state index in [0.29, 0.717) is 6.42 Å². The maximum absolute atomic E-state index is 11.2. The maximum atomic E-state index is 11.2. The summed E-state index contributed by atoms with van der Waals surface area (Å²) in [5, 5.41) is 2.84. The Labute approximate surface area is 89.7 Å². The number of hydrogen-bond donors (Lipinski definition) is 2. The number of anilines is 2. The van der Waals surface area contributed by atoms with Crippen LogP contribution in [0.4, 0.5) is 11.4 Å². The number of carbonyl (C=O) groups excluding carboxylic acids is 1. The average Bonchev–Trinajstić information content (AvgIpc) is 2.40. The molecule has 1 aliphatic rings. The van der Waals surface area contributed by atoms with Crippen molar-refractivity contribution in [1.82, 2.24) is 0 Å². The van der Waals surface area contributed by atoms with Crippen LogP contribution in [0.5, 0.6) is 0 Å². The number of nitrogens with one attached hydrogen (secondary N) is 1. The first-order chi connectivity index (χ1) is 6.88. The molecule has 2 rings (SSSR count). The van der Waals surface area contributed by atoms with Crippen molar-refractivity contribution in [3.8, 4) is 0 Å². The lowest BCUT2D eigenvalue weighted by atomic mass is 9.85. The largest absolute Gasteiger partial charge is 0.398 e. The predicted molar refractivity (Wildman–Crippen MR) is 61.9 cm³/mol. The minimum Gasteiger partial charge on any atom is -0.398 e. The molecule has 0 unspecified atom stereocenters. The van der Waals surface area contributed by atoms with Gasteiger partial charge < -0.3 is 11.1 Å². The fourth-order valence-corrected chi connectivity index (χ4v) is 1.94. The Morgan fingerprint density at radius 3 is 2.60 bits per heavy atom. The number of benzene rings is 1. The van der Waals surface area contributed by atoms with E-state index in [2.05, 4.69) is 26.1 Å². The van der Waals surface area contributed by atoms with E-state index in [1.165, 1.54) is 0 Å². The Hall–Kier alpha value is -1.51. The van der Waals surface area contributed by atoms with Gasteiger partial charge in [0.05, 0.1) is 6.42 Å². The van der Waals surface area contributed by atoms with Gasteiger partial charge in [0.15, 0.2) is 0 Å². The predicted octanol–water partition coefficient (Wildman–Crippen LogP) is 2.06. The monoisotopic (exact) mass is 204 g/mol. The van der Waals surface area contributed by atoms with Crippen LogP contribution in [-0.2, 0) is 16.6 Å². The number of fused-ring (bicyclic) bond motifs is 1. The van der Waals surface area contributed by atoms with E-state index in [4.69, 9.17) is 5.73 Å². The molecular formula is C12H16N2O.